The fourth-order valence-corrected chi connectivity index (χ4v) is 2.25. The highest BCUT2D eigenvalue weighted by Crippen LogP contribution is 2.18. The molecule has 0 heterocycles. The van der Waals surface area contributed by atoms with Gasteiger partial charge in [0.25, 0.3) is 0 Å². The minimum absolute atomic E-state index is 0.0289. The molecular weight excluding hydrogens is 280 g/mol. The van der Waals surface area contributed by atoms with Crippen LogP contribution < -0.4 is 11.5 Å². The lowest BCUT2D eigenvalue weighted by Crippen LogP contribution is -2.19. The van der Waals surface area contributed by atoms with Gasteiger partial charge in [-0.05, 0) is 36.8 Å². The Labute approximate surface area is 132 Å². The molecule has 5 nitrogen and oxygen atoms in total. The highest BCUT2D eigenvalue weighted by Gasteiger charge is 2.16. The summed E-state index contributed by atoms with van der Waals surface area (Å²) >= 11 is 0. The van der Waals surface area contributed by atoms with Gasteiger partial charge >= 0.3 is 5.97 Å². The fourth-order valence-electron chi connectivity index (χ4n) is 2.25. The first-order chi connectivity index (χ1) is 10.3. The van der Waals surface area contributed by atoms with Gasteiger partial charge in [-0.25, -0.2) is 0 Å². The summed E-state index contributed by atoms with van der Waals surface area (Å²) < 4.78 is 0. The molecule has 5 heteroatoms. The molecule has 1 amide bonds. The van der Waals surface area contributed by atoms with Gasteiger partial charge in [-0.3, -0.25) is 9.59 Å². The van der Waals surface area contributed by atoms with E-state index in [9.17, 15) is 9.59 Å². The van der Waals surface area contributed by atoms with E-state index in [2.05, 4.69) is 12.1 Å². The van der Waals surface area contributed by atoms with E-state index in [-0.39, 0.29) is 18.8 Å². The topological polar surface area (TPSA) is 106 Å². The number of hydrogen-bond donors (Lipinski definition) is 3. The molecule has 0 aliphatic carbocycles. The van der Waals surface area contributed by atoms with Crippen LogP contribution in [-0.4, -0.2) is 23.5 Å². The lowest BCUT2D eigenvalue weighted by molar-refractivity contribution is -0.138. The molecule has 1 aromatic carbocycles. The SMILES string of the molecule is CC(C)CC(CC(N)=O)CC(=O)O.NCCc1ccccc1. The molecule has 1 rings (SSSR count). The number of aliphatic carboxylic acids is 1. The van der Waals surface area contributed by atoms with Gasteiger partial charge in [-0.1, -0.05) is 44.2 Å². The van der Waals surface area contributed by atoms with Crippen LogP contribution in [-0.2, 0) is 16.0 Å². The van der Waals surface area contributed by atoms with Crippen LogP contribution in [0.15, 0.2) is 30.3 Å². The number of carbonyl (C=O) groups is 2. The summed E-state index contributed by atoms with van der Waals surface area (Å²) in [6.07, 6.45) is 1.92. The van der Waals surface area contributed by atoms with Crippen molar-refractivity contribution in [3.8, 4) is 0 Å². The summed E-state index contributed by atoms with van der Waals surface area (Å²) in [6.45, 7) is 4.73. The van der Waals surface area contributed by atoms with E-state index in [1.807, 2.05) is 32.0 Å². The van der Waals surface area contributed by atoms with Crippen LogP contribution in [0.2, 0.25) is 0 Å². The molecule has 0 fully saturated rings. The molecule has 0 aliphatic heterocycles. The number of rotatable bonds is 8. The Hall–Kier alpha value is -1.88. The molecule has 1 aromatic rings. The molecule has 0 aromatic heterocycles. The number of hydrogen-bond acceptors (Lipinski definition) is 3. The van der Waals surface area contributed by atoms with Crippen molar-refractivity contribution in [1.82, 2.24) is 0 Å². The van der Waals surface area contributed by atoms with Crippen LogP contribution in [0, 0.1) is 11.8 Å². The number of amides is 1. The van der Waals surface area contributed by atoms with Crippen molar-refractivity contribution in [2.75, 3.05) is 6.54 Å². The minimum Gasteiger partial charge on any atom is -0.481 e. The van der Waals surface area contributed by atoms with Crippen LogP contribution >= 0.6 is 0 Å². The molecule has 0 bridgehead atoms. The molecule has 0 saturated heterocycles. The summed E-state index contributed by atoms with van der Waals surface area (Å²) in [5.41, 5.74) is 11.7. The number of carboxylic acids is 1. The maximum Gasteiger partial charge on any atom is 0.303 e. The van der Waals surface area contributed by atoms with Crippen LogP contribution in [0.1, 0.15) is 38.7 Å². The smallest absolute Gasteiger partial charge is 0.303 e. The summed E-state index contributed by atoms with van der Waals surface area (Å²) in [4.78, 5) is 21.0. The predicted molar refractivity (Wildman–Crippen MR) is 88.2 cm³/mol. The second-order valence-electron chi connectivity index (χ2n) is 5.79. The van der Waals surface area contributed by atoms with Gasteiger partial charge in [0.1, 0.15) is 0 Å². The number of nitrogens with two attached hydrogens (primary N) is 2. The zero-order valence-electron chi connectivity index (χ0n) is 13.5. The molecule has 0 saturated carbocycles. The fraction of sp³-hybridized carbons (Fsp3) is 0.529. The van der Waals surface area contributed by atoms with Crippen LogP contribution in [0.25, 0.3) is 0 Å². The number of carbonyl (C=O) groups excluding carboxylic acids is 1. The minimum atomic E-state index is -0.869. The molecule has 22 heavy (non-hydrogen) atoms. The van der Waals surface area contributed by atoms with Crippen LogP contribution in [0.5, 0.6) is 0 Å². The van der Waals surface area contributed by atoms with E-state index in [1.54, 1.807) is 0 Å². The predicted octanol–water partition coefficient (Wildman–Crippen LogP) is 2.19. The Morgan fingerprint density at radius 2 is 1.73 bits per heavy atom. The van der Waals surface area contributed by atoms with Crippen LogP contribution in [0.4, 0.5) is 0 Å². The van der Waals surface area contributed by atoms with Crippen molar-refractivity contribution < 1.29 is 14.7 Å². The average molecular weight is 308 g/mol. The lowest BCUT2D eigenvalue weighted by Gasteiger charge is -2.14. The summed E-state index contributed by atoms with van der Waals surface area (Å²) in [7, 11) is 0. The van der Waals surface area contributed by atoms with E-state index in [0.717, 1.165) is 19.4 Å². The third-order valence-corrected chi connectivity index (χ3v) is 3.03. The first-order valence-electron chi connectivity index (χ1n) is 7.59. The Kier molecular flexibility index (Phi) is 10.7. The van der Waals surface area contributed by atoms with Crippen molar-refractivity contribution in [3.05, 3.63) is 35.9 Å². The van der Waals surface area contributed by atoms with Gasteiger partial charge in [-0.2, -0.15) is 0 Å². The van der Waals surface area contributed by atoms with Crippen molar-refractivity contribution in [2.24, 2.45) is 23.3 Å². The molecule has 0 spiro atoms. The van der Waals surface area contributed by atoms with E-state index in [0.29, 0.717) is 5.92 Å². The lowest BCUT2D eigenvalue weighted by atomic mass is 9.91. The zero-order chi connectivity index (χ0) is 17.0. The highest BCUT2D eigenvalue weighted by atomic mass is 16.4. The van der Waals surface area contributed by atoms with E-state index in [4.69, 9.17) is 16.6 Å². The molecule has 1 unspecified atom stereocenters. The van der Waals surface area contributed by atoms with Crippen molar-refractivity contribution in [1.29, 1.82) is 0 Å². The van der Waals surface area contributed by atoms with Gasteiger partial charge in [0.05, 0.1) is 0 Å². The Morgan fingerprint density at radius 1 is 1.14 bits per heavy atom. The quantitative estimate of drug-likeness (QED) is 0.684. The maximum atomic E-state index is 10.6. The first-order valence-corrected chi connectivity index (χ1v) is 7.59. The highest BCUT2D eigenvalue weighted by molar-refractivity contribution is 5.75. The maximum absolute atomic E-state index is 10.6. The normalized spacial score (nSPS) is 11.5. The van der Waals surface area contributed by atoms with E-state index < -0.39 is 11.9 Å². The molecule has 1 atom stereocenters. The molecule has 0 aliphatic rings. The first kappa shape index (κ1) is 20.1. The van der Waals surface area contributed by atoms with Crippen LogP contribution in [0.3, 0.4) is 0 Å². The number of carboxylic acid groups (broad SMARTS) is 1. The monoisotopic (exact) mass is 308 g/mol. The molecule has 0 radical (unpaired) electrons. The Morgan fingerprint density at radius 3 is 2.14 bits per heavy atom. The van der Waals surface area contributed by atoms with Crippen molar-refractivity contribution >= 4 is 11.9 Å². The molecule has 5 N–H and O–H groups in total. The van der Waals surface area contributed by atoms with Crippen molar-refractivity contribution in [3.63, 3.8) is 0 Å². The second kappa shape index (κ2) is 11.7. The number of benzene rings is 1. The standard InChI is InChI=1S/C9H17NO3.C8H11N/c1-6(2)3-7(4-8(10)11)5-9(12)13;9-7-6-8-4-2-1-3-5-8/h6-7H,3-5H2,1-2H3,(H2,10,11)(H,12,13);1-5H,6-7,9H2. The number of primary amides is 1. The van der Waals surface area contributed by atoms with E-state index in [1.165, 1.54) is 5.56 Å². The van der Waals surface area contributed by atoms with Gasteiger partial charge < -0.3 is 16.6 Å². The van der Waals surface area contributed by atoms with E-state index >= 15 is 0 Å². The van der Waals surface area contributed by atoms with Gasteiger partial charge in [0.2, 0.25) is 5.91 Å². The van der Waals surface area contributed by atoms with Gasteiger partial charge in [0, 0.05) is 12.8 Å². The summed E-state index contributed by atoms with van der Waals surface area (Å²) in [6, 6.07) is 10.3. The molecular formula is C17H28N2O3. The Balaban J connectivity index is 0.000000425. The third-order valence-electron chi connectivity index (χ3n) is 3.03. The third kappa shape index (κ3) is 11.9. The zero-order valence-corrected chi connectivity index (χ0v) is 13.5. The average Bonchev–Trinajstić information content (AvgIpc) is 2.38. The second-order valence-corrected chi connectivity index (χ2v) is 5.79. The van der Waals surface area contributed by atoms with Gasteiger partial charge in [0.15, 0.2) is 0 Å². The summed E-state index contributed by atoms with van der Waals surface area (Å²) in [5.74, 6) is -1.02. The van der Waals surface area contributed by atoms with Gasteiger partial charge in [-0.15, -0.1) is 0 Å². The Bertz CT molecular complexity index is 417. The van der Waals surface area contributed by atoms with Crippen molar-refractivity contribution in [2.45, 2.75) is 39.5 Å². The molecule has 124 valence electrons. The summed E-state index contributed by atoms with van der Waals surface area (Å²) in [5, 5.41) is 8.56. The largest absolute Gasteiger partial charge is 0.481 e.